The van der Waals surface area contributed by atoms with Gasteiger partial charge in [0, 0.05) is 36.2 Å². The Kier molecular flexibility index (Phi) is 8.04. The molecule has 9 rings (SSSR count). The van der Waals surface area contributed by atoms with Crippen molar-refractivity contribution in [2.75, 3.05) is 27.4 Å². The zero-order chi connectivity index (χ0) is 35.0. The van der Waals surface area contributed by atoms with E-state index in [-0.39, 0.29) is 30.0 Å². The van der Waals surface area contributed by atoms with Crippen molar-refractivity contribution in [1.82, 2.24) is 35.5 Å². The van der Waals surface area contributed by atoms with E-state index in [4.69, 9.17) is 24.2 Å². The predicted octanol–water partition coefficient (Wildman–Crippen LogP) is 6.52. The van der Waals surface area contributed by atoms with Crippen LogP contribution in [0.2, 0.25) is 0 Å². The number of imidazole rings is 2. The number of ether oxygens (including phenoxy) is 3. The fraction of sp³-hybridized carbons (Fsp3) is 0.421. The second kappa shape index (κ2) is 12.6. The van der Waals surface area contributed by atoms with E-state index < -0.39 is 12.1 Å². The van der Waals surface area contributed by atoms with Gasteiger partial charge in [0.15, 0.2) is 0 Å². The molecule has 0 aliphatic carbocycles. The molecule has 3 saturated heterocycles. The summed E-state index contributed by atoms with van der Waals surface area (Å²) in [6.07, 6.45) is 2.92. The number of hydrogen-bond acceptors (Lipinski definition) is 8. The summed E-state index contributed by atoms with van der Waals surface area (Å²) < 4.78 is 17.4. The number of hydrogen-bond donors (Lipinski definition) is 4. The molecule has 264 valence electrons. The fourth-order valence-electron chi connectivity index (χ4n) is 8.79. The van der Waals surface area contributed by atoms with E-state index in [0.717, 1.165) is 111 Å². The Morgan fingerprint density at radius 3 is 2.78 bits per heavy atom. The zero-order valence-corrected chi connectivity index (χ0v) is 30.3. The number of nitrogens with zero attached hydrogens (tertiary/aromatic N) is 3. The first kappa shape index (κ1) is 32.4. The Bertz CT molecular complexity index is 2200. The van der Waals surface area contributed by atoms with Crippen LogP contribution in [-0.2, 0) is 20.9 Å². The molecular formula is C38H40BrN7O5. The van der Waals surface area contributed by atoms with E-state index in [1.807, 2.05) is 11.8 Å². The number of aromatic amines is 2. The van der Waals surface area contributed by atoms with Gasteiger partial charge in [-0.25, -0.2) is 14.8 Å². The molecule has 5 aromatic rings. The summed E-state index contributed by atoms with van der Waals surface area (Å²) in [5.41, 5.74) is 6.96. The molecule has 0 radical (unpaired) electrons. The van der Waals surface area contributed by atoms with Gasteiger partial charge in [0.25, 0.3) is 0 Å². The Hall–Kier alpha value is -4.46. The summed E-state index contributed by atoms with van der Waals surface area (Å²) in [6.45, 7) is 4.12. The number of alkyl carbamates (subject to hydrolysis) is 1. The van der Waals surface area contributed by atoms with Crippen molar-refractivity contribution in [3.05, 3.63) is 64.3 Å². The lowest BCUT2D eigenvalue weighted by atomic mass is 9.88. The van der Waals surface area contributed by atoms with E-state index in [0.29, 0.717) is 12.5 Å². The summed E-state index contributed by atoms with van der Waals surface area (Å²) in [5, 5.41) is 8.39. The Morgan fingerprint density at radius 2 is 1.94 bits per heavy atom. The molecule has 2 amide bonds. The second-order valence-corrected chi connectivity index (χ2v) is 15.2. The quantitative estimate of drug-likeness (QED) is 0.153. The van der Waals surface area contributed by atoms with Crippen molar-refractivity contribution in [1.29, 1.82) is 0 Å². The van der Waals surface area contributed by atoms with Crippen LogP contribution < -0.4 is 15.4 Å². The highest BCUT2D eigenvalue weighted by Crippen LogP contribution is 2.45. The number of carbonyl (C=O) groups is 2. The maximum absolute atomic E-state index is 13.7. The predicted molar refractivity (Wildman–Crippen MR) is 195 cm³/mol. The van der Waals surface area contributed by atoms with Gasteiger partial charge in [-0.15, -0.1) is 0 Å². The number of fused-ring (bicyclic) bond motifs is 7. The maximum Gasteiger partial charge on any atom is 0.407 e. The third-order valence-electron chi connectivity index (χ3n) is 11.3. The molecule has 4 aliphatic heterocycles. The first-order chi connectivity index (χ1) is 24.8. The SMILES string of the molecule is COC[C@@H]1CN[C@H](c2nc(-c3ccc4c(c3)COc3cc5c(ccc6[nH]c([C@@H]7CC[C@@H]8CC(C)[C@H](NC(=O)OC)C(=O)N87)nc65)cc3-4)c(Br)[nH]2)C1. The molecule has 13 heteroatoms. The van der Waals surface area contributed by atoms with Crippen molar-refractivity contribution >= 4 is 49.7 Å². The lowest BCUT2D eigenvalue weighted by Gasteiger charge is -2.41. The molecule has 2 aromatic heterocycles. The van der Waals surface area contributed by atoms with Gasteiger partial charge >= 0.3 is 6.09 Å². The number of halogens is 1. The smallest absolute Gasteiger partial charge is 0.407 e. The van der Waals surface area contributed by atoms with Crippen LogP contribution in [0.5, 0.6) is 5.75 Å². The number of amides is 2. The summed E-state index contributed by atoms with van der Waals surface area (Å²) in [4.78, 5) is 44.8. The fourth-order valence-corrected chi connectivity index (χ4v) is 9.31. The molecule has 0 saturated carbocycles. The van der Waals surface area contributed by atoms with Crippen molar-refractivity contribution in [3.63, 3.8) is 0 Å². The van der Waals surface area contributed by atoms with Crippen LogP contribution in [-0.4, -0.2) is 76.3 Å². The van der Waals surface area contributed by atoms with Crippen LogP contribution in [0, 0.1) is 11.8 Å². The lowest BCUT2D eigenvalue weighted by molar-refractivity contribution is -0.142. The normalized spacial score (nSPS) is 25.5. The van der Waals surface area contributed by atoms with Crippen LogP contribution in [0.1, 0.15) is 61.9 Å². The van der Waals surface area contributed by atoms with Gasteiger partial charge in [-0.2, -0.15) is 0 Å². The average molecular weight is 755 g/mol. The third kappa shape index (κ3) is 5.48. The molecule has 3 aromatic carbocycles. The van der Waals surface area contributed by atoms with Crippen LogP contribution in [0.15, 0.2) is 47.1 Å². The average Bonchev–Trinajstić information content (AvgIpc) is 3.94. The molecule has 4 N–H and O–H groups in total. The van der Waals surface area contributed by atoms with E-state index in [9.17, 15) is 9.59 Å². The molecule has 4 aliphatic rings. The number of rotatable bonds is 6. The summed E-state index contributed by atoms with van der Waals surface area (Å²) in [7, 11) is 3.06. The maximum atomic E-state index is 13.7. The van der Waals surface area contributed by atoms with E-state index in [1.165, 1.54) is 7.11 Å². The summed E-state index contributed by atoms with van der Waals surface area (Å²) in [5.74, 6) is 2.93. The molecule has 6 atom stereocenters. The number of carbonyl (C=O) groups excluding carboxylic acids is 2. The molecule has 12 nitrogen and oxygen atoms in total. The van der Waals surface area contributed by atoms with Gasteiger partial charge in [0.2, 0.25) is 5.91 Å². The van der Waals surface area contributed by atoms with E-state index in [1.54, 1.807) is 7.11 Å². The Labute approximate surface area is 303 Å². The number of piperidine rings is 1. The Balaban J connectivity index is 1.00. The summed E-state index contributed by atoms with van der Waals surface area (Å²) >= 11 is 3.73. The van der Waals surface area contributed by atoms with E-state index in [2.05, 4.69) is 79.0 Å². The van der Waals surface area contributed by atoms with Gasteiger partial charge in [-0.05, 0) is 94.2 Å². The van der Waals surface area contributed by atoms with E-state index >= 15 is 0 Å². The van der Waals surface area contributed by atoms with Gasteiger partial charge in [0.05, 0.1) is 36.8 Å². The summed E-state index contributed by atoms with van der Waals surface area (Å²) in [6, 6.07) is 14.4. The minimum absolute atomic E-state index is 0.0214. The first-order valence-corrected chi connectivity index (χ1v) is 18.5. The zero-order valence-electron chi connectivity index (χ0n) is 28.7. The molecule has 1 unspecified atom stereocenters. The highest BCUT2D eigenvalue weighted by Gasteiger charge is 2.48. The van der Waals surface area contributed by atoms with Gasteiger partial charge in [-0.1, -0.05) is 25.1 Å². The molecule has 51 heavy (non-hydrogen) atoms. The van der Waals surface area contributed by atoms with Crippen molar-refractivity contribution in [2.24, 2.45) is 11.8 Å². The third-order valence-corrected chi connectivity index (χ3v) is 11.9. The van der Waals surface area contributed by atoms with Gasteiger partial charge in [0.1, 0.15) is 40.3 Å². The topological polar surface area (TPSA) is 146 Å². The molecular weight excluding hydrogens is 714 g/mol. The number of nitrogens with one attached hydrogen (secondary N) is 4. The van der Waals surface area contributed by atoms with Crippen molar-refractivity contribution in [3.8, 4) is 28.1 Å². The molecule has 6 heterocycles. The largest absolute Gasteiger partial charge is 0.488 e. The lowest BCUT2D eigenvalue weighted by Crippen LogP contribution is -2.58. The van der Waals surface area contributed by atoms with Gasteiger partial charge < -0.3 is 39.7 Å². The molecule has 0 spiro atoms. The minimum Gasteiger partial charge on any atom is -0.488 e. The van der Waals surface area contributed by atoms with Gasteiger partial charge in [-0.3, -0.25) is 4.79 Å². The molecule has 3 fully saturated rings. The van der Waals surface area contributed by atoms with Crippen LogP contribution in [0.4, 0.5) is 4.79 Å². The van der Waals surface area contributed by atoms with Crippen LogP contribution in [0.3, 0.4) is 0 Å². The second-order valence-electron chi connectivity index (χ2n) is 14.4. The highest BCUT2D eigenvalue weighted by molar-refractivity contribution is 9.10. The molecule has 0 bridgehead atoms. The standard InChI is InChI=1S/C38H40BrN7O5/c1-18-10-23-6-9-29(46(23)37(47)31(18)44-38(48)50-3)36-41-27-8-5-20-13-26-24-7-4-21(12-22(24)17-51-30(26)14-25(20)33(27)43-36)32-34(39)45-35(42-32)28-11-19(15-40-28)16-49-2/h4-5,7-8,12-14,18-19,23,28-29,31,40H,6,9-11,15-17H2,1-3H3,(H,41,43)(H,42,45)(H,44,48)/t18?,19-,23+,28-,29-,31-/m0/s1. The number of aromatic nitrogens is 4. The monoisotopic (exact) mass is 753 g/mol. The number of benzene rings is 3. The number of H-pyrrole nitrogens is 2. The number of methoxy groups -OCH3 is 2. The van der Waals surface area contributed by atoms with Crippen LogP contribution >= 0.6 is 15.9 Å². The first-order valence-electron chi connectivity index (χ1n) is 17.7. The Morgan fingerprint density at radius 1 is 1.06 bits per heavy atom. The van der Waals surface area contributed by atoms with Crippen molar-refractivity contribution < 1.29 is 23.8 Å². The minimum atomic E-state index is -0.621. The van der Waals surface area contributed by atoms with Crippen LogP contribution in [0.25, 0.3) is 44.2 Å². The highest BCUT2D eigenvalue weighted by atomic mass is 79.9. The van der Waals surface area contributed by atoms with Crippen molar-refractivity contribution in [2.45, 2.75) is 63.4 Å².